The summed E-state index contributed by atoms with van der Waals surface area (Å²) in [5.74, 6) is 0.147. The van der Waals surface area contributed by atoms with Crippen molar-refractivity contribution in [3.8, 4) is 5.75 Å². The first-order chi connectivity index (χ1) is 13.7. The minimum atomic E-state index is -0.543. The van der Waals surface area contributed by atoms with Crippen molar-refractivity contribution in [3.63, 3.8) is 0 Å². The minimum absolute atomic E-state index is 0.161. The Bertz CT molecular complexity index is 846. The highest BCUT2D eigenvalue weighted by molar-refractivity contribution is 8.00. The van der Waals surface area contributed by atoms with Crippen molar-refractivity contribution in [2.24, 2.45) is 5.10 Å². The largest absolute Gasteiger partial charge is 0.482 e. The Kier molecular flexibility index (Phi) is 8.54. The number of hydrazone groups is 1. The number of nitrogens with zero attached hydrogens (tertiary/aromatic N) is 1. The lowest BCUT2D eigenvalue weighted by molar-refractivity contribution is -0.157. The number of carbonyl (C=O) groups is 2. The molecule has 0 aliphatic rings. The summed E-state index contributed by atoms with van der Waals surface area (Å²) in [7, 11) is 0. The van der Waals surface area contributed by atoms with Gasteiger partial charge in [-0.2, -0.15) is 5.10 Å². The van der Waals surface area contributed by atoms with E-state index in [2.05, 4.69) is 10.5 Å². The van der Waals surface area contributed by atoms with Gasteiger partial charge in [0.15, 0.2) is 6.61 Å². The normalized spacial score (nSPS) is 11.3. The van der Waals surface area contributed by atoms with E-state index in [4.69, 9.17) is 21.1 Å². The second kappa shape index (κ2) is 10.9. The van der Waals surface area contributed by atoms with E-state index in [0.717, 1.165) is 10.5 Å². The Labute approximate surface area is 179 Å². The predicted molar refractivity (Wildman–Crippen MR) is 116 cm³/mol. The van der Waals surface area contributed by atoms with E-state index in [0.29, 0.717) is 10.8 Å². The summed E-state index contributed by atoms with van der Waals surface area (Å²) in [6.45, 7) is 5.24. The van der Waals surface area contributed by atoms with E-state index >= 15 is 0 Å². The number of amides is 1. The number of carbonyl (C=O) groups excluding carboxylic acids is 2. The molecular weight excluding hydrogens is 412 g/mol. The highest BCUT2D eigenvalue weighted by atomic mass is 35.5. The van der Waals surface area contributed by atoms with Gasteiger partial charge in [-0.1, -0.05) is 11.6 Å². The van der Waals surface area contributed by atoms with Crippen molar-refractivity contribution in [1.82, 2.24) is 5.43 Å². The molecule has 2 rings (SSSR count). The zero-order valence-electron chi connectivity index (χ0n) is 16.5. The van der Waals surface area contributed by atoms with Crippen LogP contribution in [0.3, 0.4) is 0 Å². The second-order valence-electron chi connectivity index (χ2n) is 6.98. The molecule has 0 fully saturated rings. The van der Waals surface area contributed by atoms with Crippen LogP contribution >= 0.6 is 23.4 Å². The minimum Gasteiger partial charge on any atom is -0.482 e. The third-order valence-corrected chi connectivity index (χ3v) is 4.51. The number of rotatable bonds is 8. The fraction of sp³-hybridized carbons (Fsp3) is 0.286. The molecule has 8 heteroatoms. The molecule has 0 saturated heterocycles. The smallest absolute Gasteiger partial charge is 0.344 e. The highest BCUT2D eigenvalue weighted by Gasteiger charge is 2.16. The van der Waals surface area contributed by atoms with Crippen molar-refractivity contribution in [2.75, 3.05) is 12.4 Å². The Morgan fingerprint density at radius 3 is 2.38 bits per heavy atom. The molecule has 0 unspecified atom stereocenters. The molecule has 2 aromatic carbocycles. The number of hydrogen-bond acceptors (Lipinski definition) is 6. The average molecular weight is 435 g/mol. The van der Waals surface area contributed by atoms with Crippen LogP contribution in [0, 0.1) is 0 Å². The maximum atomic E-state index is 11.8. The molecule has 0 spiro atoms. The van der Waals surface area contributed by atoms with Gasteiger partial charge < -0.3 is 9.47 Å². The van der Waals surface area contributed by atoms with Crippen molar-refractivity contribution >= 4 is 41.5 Å². The van der Waals surface area contributed by atoms with Crippen molar-refractivity contribution in [3.05, 3.63) is 59.1 Å². The van der Waals surface area contributed by atoms with Crippen molar-refractivity contribution in [1.29, 1.82) is 0 Å². The van der Waals surface area contributed by atoms with Gasteiger partial charge in [-0.15, -0.1) is 11.8 Å². The number of benzene rings is 2. The lowest BCUT2D eigenvalue weighted by Gasteiger charge is -2.19. The summed E-state index contributed by atoms with van der Waals surface area (Å²) in [4.78, 5) is 24.4. The summed E-state index contributed by atoms with van der Waals surface area (Å²) in [6, 6.07) is 14.2. The third kappa shape index (κ3) is 9.49. The zero-order valence-corrected chi connectivity index (χ0v) is 18.0. The number of thioether (sulfide) groups is 1. The van der Waals surface area contributed by atoms with Gasteiger partial charge in [0, 0.05) is 9.92 Å². The summed E-state index contributed by atoms with van der Waals surface area (Å²) in [6.07, 6.45) is 1.53. The fourth-order valence-electron chi connectivity index (χ4n) is 2.05. The molecule has 0 atom stereocenters. The molecular formula is C21H23ClN2O4S. The van der Waals surface area contributed by atoms with Crippen LogP contribution < -0.4 is 10.2 Å². The van der Waals surface area contributed by atoms with E-state index in [1.807, 2.05) is 12.1 Å². The standard InChI is InChI=1S/C21H23ClN2O4S/c1-21(2,3)28-20(26)13-27-17-8-4-15(5-9-17)12-23-24-19(25)14-29-18-10-6-16(22)7-11-18/h4-12H,13-14H2,1-3H3,(H,24,25)/b23-12+. The predicted octanol–water partition coefficient (Wildman–Crippen LogP) is 4.30. The van der Waals surface area contributed by atoms with Gasteiger partial charge in [-0.3, -0.25) is 4.79 Å². The quantitative estimate of drug-likeness (QED) is 0.290. The number of ether oxygens (including phenoxy) is 2. The Hall–Kier alpha value is -2.51. The van der Waals surface area contributed by atoms with Crippen LogP contribution in [0.25, 0.3) is 0 Å². The molecule has 1 N–H and O–H groups in total. The van der Waals surface area contributed by atoms with E-state index in [1.165, 1.54) is 18.0 Å². The van der Waals surface area contributed by atoms with Gasteiger partial charge in [-0.25, -0.2) is 10.2 Å². The zero-order chi connectivity index (χ0) is 21.3. The Morgan fingerprint density at radius 1 is 1.10 bits per heavy atom. The third-order valence-electron chi connectivity index (χ3n) is 3.24. The summed E-state index contributed by atoms with van der Waals surface area (Å²) >= 11 is 7.23. The Morgan fingerprint density at radius 2 is 1.76 bits per heavy atom. The first kappa shape index (κ1) is 22.8. The van der Waals surface area contributed by atoms with Crippen LogP contribution in [0.1, 0.15) is 26.3 Å². The van der Waals surface area contributed by atoms with E-state index < -0.39 is 11.6 Å². The van der Waals surface area contributed by atoms with Gasteiger partial charge in [0.2, 0.25) is 5.91 Å². The number of nitrogens with one attached hydrogen (secondary N) is 1. The van der Waals surface area contributed by atoms with Gasteiger partial charge >= 0.3 is 5.97 Å². The van der Waals surface area contributed by atoms with Crippen LogP contribution in [0.2, 0.25) is 5.02 Å². The van der Waals surface area contributed by atoms with Crippen LogP contribution in [-0.2, 0) is 14.3 Å². The lowest BCUT2D eigenvalue weighted by atomic mass is 10.2. The van der Waals surface area contributed by atoms with E-state index in [9.17, 15) is 9.59 Å². The fourth-order valence-corrected chi connectivity index (χ4v) is 2.87. The molecule has 1 amide bonds. The summed E-state index contributed by atoms with van der Waals surface area (Å²) in [5.41, 5.74) is 2.72. The van der Waals surface area contributed by atoms with Gasteiger partial charge in [0.1, 0.15) is 11.4 Å². The molecule has 0 aromatic heterocycles. The van der Waals surface area contributed by atoms with Crippen LogP contribution in [0.15, 0.2) is 58.5 Å². The topological polar surface area (TPSA) is 77.0 Å². The highest BCUT2D eigenvalue weighted by Crippen LogP contribution is 2.20. The maximum Gasteiger partial charge on any atom is 0.344 e. The van der Waals surface area contributed by atoms with Gasteiger partial charge in [0.05, 0.1) is 12.0 Å². The number of hydrogen-bond donors (Lipinski definition) is 1. The van der Waals surface area contributed by atoms with Crippen LogP contribution in [-0.4, -0.2) is 36.1 Å². The number of halogens is 1. The molecule has 0 saturated carbocycles. The molecule has 0 radical (unpaired) electrons. The summed E-state index contributed by atoms with van der Waals surface area (Å²) < 4.78 is 10.6. The molecule has 154 valence electrons. The SMILES string of the molecule is CC(C)(C)OC(=O)COc1ccc(/C=N/NC(=O)CSc2ccc(Cl)cc2)cc1. The first-order valence-electron chi connectivity index (χ1n) is 8.86. The molecule has 6 nitrogen and oxygen atoms in total. The molecule has 0 aliphatic carbocycles. The van der Waals surface area contributed by atoms with Crippen LogP contribution in [0.5, 0.6) is 5.75 Å². The van der Waals surface area contributed by atoms with Gasteiger partial charge in [-0.05, 0) is 74.9 Å². The molecule has 0 bridgehead atoms. The van der Waals surface area contributed by atoms with E-state index in [1.54, 1.807) is 57.2 Å². The lowest BCUT2D eigenvalue weighted by Crippen LogP contribution is -2.27. The van der Waals surface area contributed by atoms with E-state index in [-0.39, 0.29) is 18.3 Å². The molecule has 0 heterocycles. The number of esters is 1. The monoisotopic (exact) mass is 434 g/mol. The van der Waals surface area contributed by atoms with Gasteiger partial charge in [0.25, 0.3) is 0 Å². The van der Waals surface area contributed by atoms with Crippen molar-refractivity contribution in [2.45, 2.75) is 31.3 Å². The maximum absolute atomic E-state index is 11.8. The van der Waals surface area contributed by atoms with Crippen LogP contribution in [0.4, 0.5) is 0 Å². The van der Waals surface area contributed by atoms with Crippen molar-refractivity contribution < 1.29 is 19.1 Å². The Balaban J connectivity index is 1.72. The first-order valence-corrected chi connectivity index (χ1v) is 10.2. The molecule has 2 aromatic rings. The second-order valence-corrected chi connectivity index (χ2v) is 8.47. The summed E-state index contributed by atoms with van der Waals surface area (Å²) in [5, 5.41) is 4.60. The average Bonchev–Trinajstić information content (AvgIpc) is 2.65. The molecule has 0 aliphatic heterocycles. The molecule has 29 heavy (non-hydrogen) atoms.